The Kier molecular flexibility index (Phi) is 6.33. The maximum absolute atomic E-state index is 12.7. The molecular formula is C19H25NO7S2. The molecule has 1 aromatic rings. The van der Waals surface area contributed by atoms with Gasteiger partial charge >= 0.3 is 5.97 Å². The zero-order chi connectivity index (χ0) is 21.2. The van der Waals surface area contributed by atoms with Gasteiger partial charge in [-0.15, -0.1) is 0 Å². The first-order chi connectivity index (χ1) is 13.6. The van der Waals surface area contributed by atoms with Gasteiger partial charge in [-0.3, -0.25) is 9.59 Å². The van der Waals surface area contributed by atoms with Gasteiger partial charge in [0.05, 0.1) is 34.2 Å². The Bertz CT molecular complexity index is 976. The Morgan fingerprint density at radius 3 is 2.24 bits per heavy atom. The lowest BCUT2D eigenvalue weighted by atomic mass is 9.96. The summed E-state index contributed by atoms with van der Waals surface area (Å²) in [7, 11) is -7.06. The molecule has 2 fully saturated rings. The molecular weight excluding hydrogens is 418 g/mol. The predicted octanol–water partition coefficient (Wildman–Crippen LogP) is 1.06. The average molecular weight is 444 g/mol. The molecule has 2 saturated heterocycles. The average Bonchev–Trinajstić information content (AvgIpc) is 3.08. The molecule has 10 heteroatoms. The summed E-state index contributed by atoms with van der Waals surface area (Å²) in [4.78, 5) is 26.2. The minimum Gasteiger partial charge on any atom is -0.466 e. The van der Waals surface area contributed by atoms with E-state index >= 15 is 0 Å². The van der Waals surface area contributed by atoms with Crippen LogP contribution in [0, 0.1) is 5.92 Å². The molecule has 1 aromatic carbocycles. The number of hydrogen-bond donors (Lipinski definition) is 0. The van der Waals surface area contributed by atoms with E-state index in [1.165, 1.54) is 24.3 Å². The van der Waals surface area contributed by atoms with Crippen LogP contribution in [0.15, 0.2) is 29.2 Å². The summed E-state index contributed by atoms with van der Waals surface area (Å²) in [6, 6.07) is 5.63. The maximum Gasteiger partial charge on any atom is 0.309 e. The monoisotopic (exact) mass is 443 g/mol. The molecule has 8 nitrogen and oxygen atoms in total. The van der Waals surface area contributed by atoms with E-state index in [2.05, 4.69) is 0 Å². The van der Waals surface area contributed by atoms with Gasteiger partial charge in [-0.25, -0.2) is 16.8 Å². The quantitative estimate of drug-likeness (QED) is 0.625. The number of nitrogens with zero attached hydrogens (tertiary/aromatic N) is 1. The number of sulfone groups is 2. The standard InChI is InChI=1S/C19H25NO7S2/c1-2-27-19(22)15-7-10-20(11-8-15)18(21)14-3-5-16(6-4-14)29(25,26)17-9-12-28(23,24)13-17/h3-6,15,17H,2,7-13H2,1H3. The number of ether oxygens (including phenoxy) is 1. The van der Waals surface area contributed by atoms with Crippen molar-refractivity contribution in [3.63, 3.8) is 0 Å². The molecule has 29 heavy (non-hydrogen) atoms. The van der Waals surface area contributed by atoms with E-state index in [1.807, 2.05) is 0 Å². The Morgan fingerprint density at radius 1 is 1.10 bits per heavy atom. The highest BCUT2D eigenvalue weighted by atomic mass is 32.2. The van der Waals surface area contributed by atoms with Gasteiger partial charge in [0.25, 0.3) is 5.91 Å². The summed E-state index contributed by atoms with van der Waals surface area (Å²) in [5.41, 5.74) is 0.359. The van der Waals surface area contributed by atoms with Gasteiger partial charge in [0.15, 0.2) is 19.7 Å². The van der Waals surface area contributed by atoms with Crippen LogP contribution in [0.2, 0.25) is 0 Å². The summed E-state index contributed by atoms with van der Waals surface area (Å²) < 4.78 is 53.5. The lowest BCUT2D eigenvalue weighted by Gasteiger charge is -2.31. The van der Waals surface area contributed by atoms with E-state index in [-0.39, 0.29) is 40.6 Å². The topological polar surface area (TPSA) is 115 Å². The van der Waals surface area contributed by atoms with Crippen LogP contribution in [-0.2, 0) is 29.2 Å². The second kappa shape index (κ2) is 8.43. The number of carbonyl (C=O) groups excluding carboxylic acids is 2. The number of amides is 1. The van der Waals surface area contributed by atoms with Crippen LogP contribution >= 0.6 is 0 Å². The molecule has 0 bridgehead atoms. The van der Waals surface area contributed by atoms with Crippen LogP contribution in [0.4, 0.5) is 0 Å². The van der Waals surface area contributed by atoms with E-state index in [4.69, 9.17) is 4.74 Å². The molecule has 0 radical (unpaired) electrons. The number of hydrogen-bond acceptors (Lipinski definition) is 7. The Morgan fingerprint density at radius 2 is 1.72 bits per heavy atom. The number of esters is 1. The van der Waals surface area contributed by atoms with E-state index in [1.54, 1.807) is 11.8 Å². The number of rotatable bonds is 5. The molecule has 1 unspecified atom stereocenters. The van der Waals surface area contributed by atoms with Gasteiger partial charge in [-0.2, -0.15) is 0 Å². The summed E-state index contributed by atoms with van der Waals surface area (Å²) >= 11 is 0. The van der Waals surface area contributed by atoms with E-state index < -0.39 is 24.9 Å². The highest BCUT2D eigenvalue weighted by Crippen LogP contribution is 2.26. The van der Waals surface area contributed by atoms with Crippen LogP contribution in [0.1, 0.15) is 36.5 Å². The molecule has 0 spiro atoms. The molecule has 0 aliphatic carbocycles. The third-order valence-electron chi connectivity index (χ3n) is 5.46. The Hall–Kier alpha value is -1.94. The minimum absolute atomic E-state index is 0.0252. The zero-order valence-electron chi connectivity index (χ0n) is 16.2. The van der Waals surface area contributed by atoms with Crippen molar-refractivity contribution in [1.82, 2.24) is 4.90 Å². The highest BCUT2D eigenvalue weighted by molar-refractivity contribution is 7.96. The maximum atomic E-state index is 12.7. The van der Waals surface area contributed by atoms with Crippen LogP contribution in [-0.4, -0.2) is 70.1 Å². The lowest BCUT2D eigenvalue weighted by molar-refractivity contribution is -0.149. The highest BCUT2D eigenvalue weighted by Gasteiger charge is 2.38. The van der Waals surface area contributed by atoms with Crippen LogP contribution in [0.25, 0.3) is 0 Å². The first-order valence-corrected chi connectivity index (χ1v) is 13.0. The molecule has 0 N–H and O–H groups in total. The lowest BCUT2D eigenvalue weighted by Crippen LogP contribution is -2.40. The second-order valence-electron chi connectivity index (χ2n) is 7.41. The zero-order valence-corrected chi connectivity index (χ0v) is 17.9. The van der Waals surface area contributed by atoms with E-state index in [9.17, 15) is 26.4 Å². The van der Waals surface area contributed by atoms with Crippen molar-refractivity contribution < 1.29 is 31.2 Å². The van der Waals surface area contributed by atoms with Gasteiger partial charge in [-0.05, 0) is 50.5 Å². The molecule has 2 aliphatic heterocycles. The molecule has 1 atom stereocenters. The third kappa shape index (κ3) is 4.80. The summed E-state index contributed by atoms with van der Waals surface area (Å²) in [5, 5.41) is -0.934. The van der Waals surface area contributed by atoms with Gasteiger partial charge in [0, 0.05) is 18.7 Å². The van der Waals surface area contributed by atoms with E-state index in [0.29, 0.717) is 38.1 Å². The number of piperidine rings is 1. The Labute approximate surface area is 171 Å². The molecule has 1 amide bonds. The van der Waals surface area contributed by atoms with Gasteiger partial charge in [-0.1, -0.05) is 0 Å². The fourth-order valence-corrected chi connectivity index (χ4v) is 8.11. The minimum atomic E-state index is -3.75. The largest absolute Gasteiger partial charge is 0.466 e. The number of benzene rings is 1. The number of likely N-dealkylation sites (tertiary alicyclic amines) is 1. The van der Waals surface area contributed by atoms with E-state index in [0.717, 1.165) is 0 Å². The molecule has 0 aromatic heterocycles. The Balaban J connectivity index is 1.65. The first-order valence-electron chi connectivity index (χ1n) is 9.64. The van der Waals surface area contributed by atoms with Crippen molar-refractivity contribution in [2.45, 2.75) is 36.3 Å². The third-order valence-corrected chi connectivity index (χ3v) is 9.65. The first kappa shape index (κ1) is 21.8. The molecule has 2 aliphatic rings. The summed E-state index contributed by atoms with van der Waals surface area (Å²) in [6.45, 7) is 2.96. The molecule has 3 rings (SSSR count). The molecule has 160 valence electrons. The second-order valence-corrected chi connectivity index (χ2v) is 11.9. The van der Waals surface area contributed by atoms with Crippen molar-refractivity contribution in [3.8, 4) is 0 Å². The van der Waals surface area contributed by atoms with Gasteiger partial charge in [0.2, 0.25) is 0 Å². The smallest absolute Gasteiger partial charge is 0.309 e. The van der Waals surface area contributed by atoms with Crippen LogP contribution < -0.4 is 0 Å². The molecule has 2 heterocycles. The summed E-state index contributed by atoms with van der Waals surface area (Å²) in [6.07, 6.45) is 1.17. The molecule has 0 saturated carbocycles. The van der Waals surface area contributed by atoms with Crippen LogP contribution in [0.3, 0.4) is 0 Å². The fraction of sp³-hybridized carbons (Fsp3) is 0.579. The van der Waals surface area contributed by atoms with Crippen molar-refractivity contribution in [3.05, 3.63) is 29.8 Å². The fourth-order valence-electron chi connectivity index (χ4n) is 3.75. The van der Waals surface area contributed by atoms with Crippen molar-refractivity contribution >= 4 is 31.6 Å². The predicted molar refractivity (Wildman–Crippen MR) is 106 cm³/mol. The van der Waals surface area contributed by atoms with Crippen LogP contribution in [0.5, 0.6) is 0 Å². The summed E-state index contributed by atoms with van der Waals surface area (Å²) in [5.74, 6) is -1.13. The van der Waals surface area contributed by atoms with Crippen molar-refractivity contribution in [2.24, 2.45) is 5.92 Å². The SMILES string of the molecule is CCOC(=O)C1CCN(C(=O)c2ccc(S(=O)(=O)C3CCS(=O)(=O)C3)cc2)CC1. The van der Waals surface area contributed by atoms with Crippen molar-refractivity contribution in [1.29, 1.82) is 0 Å². The normalized spacial score (nSPS) is 22.4. The number of carbonyl (C=O) groups is 2. The van der Waals surface area contributed by atoms with Gasteiger partial charge in [0.1, 0.15) is 0 Å². The van der Waals surface area contributed by atoms with Crippen molar-refractivity contribution in [2.75, 3.05) is 31.2 Å². The van der Waals surface area contributed by atoms with Gasteiger partial charge < -0.3 is 9.64 Å².